The van der Waals surface area contributed by atoms with Gasteiger partial charge in [-0.3, -0.25) is 10.1 Å². The summed E-state index contributed by atoms with van der Waals surface area (Å²) in [6.45, 7) is 1.91. The summed E-state index contributed by atoms with van der Waals surface area (Å²) in [5, 5.41) is 14.5. The average molecular weight is 278 g/mol. The van der Waals surface area contributed by atoms with Gasteiger partial charge in [0.2, 0.25) is 0 Å². The number of hydrogen-bond donors (Lipinski definition) is 1. The van der Waals surface area contributed by atoms with E-state index >= 15 is 0 Å². The summed E-state index contributed by atoms with van der Waals surface area (Å²) in [6.07, 6.45) is 0.677. The molecule has 0 aliphatic rings. The van der Waals surface area contributed by atoms with Crippen LogP contribution in [0.1, 0.15) is 25.2 Å². The van der Waals surface area contributed by atoms with Gasteiger partial charge in [-0.1, -0.05) is 12.1 Å². The first kappa shape index (κ1) is 13.9. The van der Waals surface area contributed by atoms with Crippen molar-refractivity contribution in [3.63, 3.8) is 0 Å². The van der Waals surface area contributed by atoms with Gasteiger partial charge in [-0.2, -0.15) is 4.98 Å². The Morgan fingerprint density at radius 2 is 2.30 bits per heavy atom. The summed E-state index contributed by atoms with van der Waals surface area (Å²) >= 11 is 0. The van der Waals surface area contributed by atoms with Gasteiger partial charge in [0.05, 0.1) is 29.7 Å². The molecule has 0 fully saturated rings. The largest absolute Gasteiger partial charge is 0.496 e. The molecule has 8 heteroatoms. The second-order valence-electron chi connectivity index (χ2n) is 4.11. The number of nitrogens with zero attached hydrogens (tertiary/aromatic N) is 3. The van der Waals surface area contributed by atoms with Gasteiger partial charge in [-0.15, -0.1) is 0 Å². The molecule has 1 heterocycles. The van der Waals surface area contributed by atoms with Crippen LogP contribution in [0.15, 0.2) is 22.7 Å². The molecule has 0 amide bonds. The van der Waals surface area contributed by atoms with Crippen LogP contribution in [0, 0.1) is 10.1 Å². The van der Waals surface area contributed by atoms with Gasteiger partial charge in [0.25, 0.3) is 11.6 Å². The SMILES string of the molecule is CCC(N)c1noc(-c2ccc([N+](=O)[O-])cc2OC)n1. The lowest BCUT2D eigenvalue weighted by molar-refractivity contribution is -0.384. The van der Waals surface area contributed by atoms with Gasteiger partial charge in [0, 0.05) is 6.07 Å². The number of nitro benzene ring substituents is 1. The van der Waals surface area contributed by atoms with Crippen molar-refractivity contribution in [3.05, 3.63) is 34.1 Å². The van der Waals surface area contributed by atoms with Gasteiger partial charge >= 0.3 is 0 Å². The molecule has 2 rings (SSSR count). The first-order chi connectivity index (χ1) is 9.56. The molecule has 0 aliphatic carbocycles. The molecule has 2 N–H and O–H groups in total. The van der Waals surface area contributed by atoms with Crippen LogP contribution in [0.3, 0.4) is 0 Å². The standard InChI is InChI=1S/C12H14N4O4/c1-3-9(13)11-14-12(20-15-11)8-5-4-7(16(17)18)6-10(8)19-2/h4-6,9H,3,13H2,1-2H3. The molecule has 0 saturated carbocycles. The predicted octanol–water partition coefficient (Wildman–Crippen LogP) is 2.06. The second kappa shape index (κ2) is 5.66. The highest BCUT2D eigenvalue weighted by Gasteiger charge is 2.19. The van der Waals surface area contributed by atoms with E-state index in [0.717, 1.165) is 0 Å². The van der Waals surface area contributed by atoms with Crippen LogP contribution in [0.4, 0.5) is 5.69 Å². The minimum Gasteiger partial charge on any atom is -0.496 e. The molecule has 1 aromatic heterocycles. The van der Waals surface area contributed by atoms with Crippen LogP contribution in [-0.4, -0.2) is 22.2 Å². The van der Waals surface area contributed by atoms with E-state index < -0.39 is 4.92 Å². The van der Waals surface area contributed by atoms with Gasteiger partial charge < -0.3 is 15.0 Å². The normalized spacial score (nSPS) is 12.2. The molecular weight excluding hydrogens is 264 g/mol. The van der Waals surface area contributed by atoms with Crippen molar-refractivity contribution in [3.8, 4) is 17.2 Å². The number of methoxy groups -OCH3 is 1. The smallest absolute Gasteiger partial charge is 0.273 e. The van der Waals surface area contributed by atoms with Crippen molar-refractivity contribution < 1.29 is 14.2 Å². The van der Waals surface area contributed by atoms with Crippen molar-refractivity contribution in [2.75, 3.05) is 7.11 Å². The van der Waals surface area contributed by atoms with Gasteiger partial charge in [-0.05, 0) is 12.5 Å². The lowest BCUT2D eigenvalue weighted by Gasteiger charge is -2.04. The zero-order chi connectivity index (χ0) is 14.7. The highest BCUT2D eigenvalue weighted by molar-refractivity contribution is 5.65. The molecule has 8 nitrogen and oxygen atoms in total. The zero-order valence-electron chi connectivity index (χ0n) is 11.1. The second-order valence-corrected chi connectivity index (χ2v) is 4.11. The molecule has 0 aliphatic heterocycles. The highest BCUT2D eigenvalue weighted by Crippen LogP contribution is 2.32. The van der Waals surface area contributed by atoms with E-state index in [9.17, 15) is 10.1 Å². The Morgan fingerprint density at radius 3 is 2.90 bits per heavy atom. The maximum Gasteiger partial charge on any atom is 0.273 e. The molecule has 0 radical (unpaired) electrons. The van der Waals surface area contributed by atoms with Crippen molar-refractivity contribution in [2.45, 2.75) is 19.4 Å². The molecular formula is C12H14N4O4. The van der Waals surface area contributed by atoms with Gasteiger partial charge in [0.15, 0.2) is 5.82 Å². The van der Waals surface area contributed by atoms with Crippen molar-refractivity contribution in [1.82, 2.24) is 10.1 Å². The minimum absolute atomic E-state index is 0.0735. The number of hydrogen-bond acceptors (Lipinski definition) is 7. The van der Waals surface area contributed by atoms with Crippen LogP contribution in [0.25, 0.3) is 11.5 Å². The summed E-state index contributed by atoms with van der Waals surface area (Å²) < 4.78 is 10.2. The van der Waals surface area contributed by atoms with Crippen LogP contribution in [0.2, 0.25) is 0 Å². The zero-order valence-corrected chi connectivity index (χ0v) is 11.1. The van der Waals surface area contributed by atoms with Crippen LogP contribution in [-0.2, 0) is 0 Å². The molecule has 1 unspecified atom stereocenters. The highest BCUT2D eigenvalue weighted by atomic mass is 16.6. The molecule has 1 aromatic carbocycles. The van der Waals surface area contributed by atoms with Crippen molar-refractivity contribution in [1.29, 1.82) is 0 Å². The first-order valence-corrected chi connectivity index (χ1v) is 5.98. The third kappa shape index (κ3) is 2.59. The van der Waals surface area contributed by atoms with Gasteiger partial charge in [-0.25, -0.2) is 0 Å². The van der Waals surface area contributed by atoms with Crippen molar-refractivity contribution in [2.24, 2.45) is 5.73 Å². The Morgan fingerprint density at radius 1 is 1.55 bits per heavy atom. The molecule has 20 heavy (non-hydrogen) atoms. The molecule has 0 bridgehead atoms. The third-order valence-corrected chi connectivity index (χ3v) is 2.84. The van der Waals surface area contributed by atoms with E-state index in [1.807, 2.05) is 6.92 Å². The summed E-state index contributed by atoms with van der Waals surface area (Å²) in [5.74, 6) is 0.901. The molecule has 0 saturated heterocycles. The van der Waals surface area contributed by atoms with Crippen LogP contribution in [0.5, 0.6) is 5.75 Å². The Labute approximate surface area is 114 Å². The number of ether oxygens (including phenoxy) is 1. The lowest BCUT2D eigenvalue weighted by atomic mass is 10.1. The summed E-state index contributed by atoms with van der Waals surface area (Å²) in [6, 6.07) is 3.85. The summed E-state index contributed by atoms with van der Waals surface area (Å²) in [7, 11) is 1.41. The van der Waals surface area contributed by atoms with E-state index in [4.69, 9.17) is 15.0 Å². The topological polar surface area (TPSA) is 117 Å². The number of nitrogens with two attached hydrogens (primary N) is 1. The molecule has 0 spiro atoms. The summed E-state index contributed by atoms with van der Waals surface area (Å²) in [5.41, 5.74) is 6.23. The fourth-order valence-electron chi connectivity index (χ4n) is 1.65. The lowest BCUT2D eigenvalue weighted by Crippen LogP contribution is -2.10. The number of benzene rings is 1. The summed E-state index contributed by atoms with van der Waals surface area (Å²) in [4.78, 5) is 14.4. The van der Waals surface area contributed by atoms with E-state index in [1.54, 1.807) is 0 Å². The number of aromatic nitrogens is 2. The maximum absolute atomic E-state index is 10.7. The molecule has 1 atom stereocenters. The third-order valence-electron chi connectivity index (χ3n) is 2.84. The minimum atomic E-state index is -0.501. The molecule has 2 aromatic rings. The number of rotatable bonds is 5. The van der Waals surface area contributed by atoms with Crippen LogP contribution < -0.4 is 10.5 Å². The fourth-order valence-corrected chi connectivity index (χ4v) is 1.65. The average Bonchev–Trinajstić information content (AvgIpc) is 2.95. The van der Waals surface area contributed by atoms with E-state index in [2.05, 4.69) is 10.1 Å². The Balaban J connectivity index is 2.41. The Hall–Kier alpha value is -2.48. The van der Waals surface area contributed by atoms with E-state index in [0.29, 0.717) is 23.6 Å². The van der Waals surface area contributed by atoms with Crippen LogP contribution >= 0.6 is 0 Å². The fraction of sp³-hybridized carbons (Fsp3) is 0.333. The van der Waals surface area contributed by atoms with Gasteiger partial charge in [0.1, 0.15) is 5.75 Å². The molecule has 106 valence electrons. The number of nitro groups is 1. The van der Waals surface area contributed by atoms with E-state index in [1.165, 1.54) is 25.3 Å². The Bertz CT molecular complexity index is 626. The first-order valence-electron chi connectivity index (χ1n) is 5.98. The number of non-ortho nitro benzene ring substituents is 1. The van der Waals surface area contributed by atoms with Crippen molar-refractivity contribution >= 4 is 5.69 Å². The Kier molecular flexibility index (Phi) is 3.94. The quantitative estimate of drug-likeness (QED) is 0.656. The predicted molar refractivity (Wildman–Crippen MR) is 70.2 cm³/mol. The maximum atomic E-state index is 10.7. The monoisotopic (exact) mass is 278 g/mol. The van der Waals surface area contributed by atoms with E-state index in [-0.39, 0.29) is 17.6 Å².